The molecule has 0 heterocycles. The zero-order chi connectivity index (χ0) is 18.0. The van der Waals surface area contributed by atoms with Crippen LogP contribution < -0.4 is 14.8 Å². The van der Waals surface area contributed by atoms with E-state index in [0.717, 1.165) is 12.8 Å². The first-order chi connectivity index (χ1) is 11.9. The minimum Gasteiger partial charge on any atom is -0.497 e. The first-order valence-corrected chi connectivity index (χ1v) is 9.52. The maximum atomic E-state index is 12.5. The van der Waals surface area contributed by atoms with Crippen LogP contribution in [0.1, 0.15) is 23.2 Å². The molecule has 0 radical (unpaired) electrons. The zero-order valence-electron chi connectivity index (χ0n) is 13.5. The largest absolute Gasteiger partial charge is 0.497 e. The van der Waals surface area contributed by atoms with E-state index in [1.807, 2.05) is 0 Å². The van der Waals surface area contributed by atoms with E-state index in [9.17, 15) is 13.2 Å². The molecule has 0 atom stereocenters. The average Bonchev–Trinajstić information content (AvgIpc) is 3.40. The Hall–Kier alpha value is -2.25. The number of rotatable bonds is 6. The van der Waals surface area contributed by atoms with Gasteiger partial charge in [0.05, 0.1) is 22.6 Å². The summed E-state index contributed by atoms with van der Waals surface area (Å²) < 4.78 is 32.4. The molecule has 0 unspecified atom stereocenters. The Morgan fingerprint density at radius 2 is 1.84 bits per heavy atom. The fourth-order valence-electron chi connectivity index (χ4n) is 2.22. The molecular weight excluding hydrogens is 364 g/mol. The summed E-state index contributed by atoms with van der Waals surface area (Å²) in [6.07, 6.45) is 1.90. The van der Waals surface area contributed by atoms with Gasteiger partial charge in [-0.2, -0.15) is 0 Å². The number of ether oxygens (including phenoxy) is 1. The van der Waals surface area contributed by atoms with Gasteiger partial charge in [-0.3, -0.25) is 9.52 Å². The van der Waals surface area contributed by atoms with Gasteiger partial charge in [0.15, 0.2) is 0 Å². The van der Waals surface area contributed by atoms with Gasteiger partial charge in [0, 0.05) is 11.7 Å². The maximum absolute atomic E-state index is 12.5. The summed E-state index contributed by atoms with van der Waals surface area (Å²) in [5, 5.41) is 3.10. The molecule has 1 fully saturated rings. The summed E-state index contributed by atoms with van der Waals surface area (Å²) in [7, 11) is -2.28. The van der Waals surface area contributed by atoms with E-state index in [1.165, 1.54) is 37.4 Å². The minimum absolute atomic E-state index is 0.0900. The Bertz CT molecular complexity index is 893. The molecule has 0 aromatic heterocycles. The molecule has 1 aliphatic carbocycles. The third-order valence-electron chi connectivity index (χ3n) is 3.75. The number of hydrogen-bond acceptors (Lipinski definition) is 4. The lowest BCUT2D eigenvalue weighted by Crippen LogP contribution is -2.25. The molecule has 2 aromatic rings. The Kier molecular flexibility index (Phi) is 4.87. The average molecular weight is 381 g/mol. The molecular formula is C17H17ClN2O4S. The van der Waals surface area contributed by atoms with E-state index in [1.54, 1.807) is 12.1 Å². The summed E-state index contributed by atoms with van der Waals surface area (Å²) in [6, 6.07) is 10.6. The maximum Gasteiger partial charge on any atom is 0.261 e. The number of amides is 1. The lowest BCUT2D eigenvalue weighted by molar-refractivity contribution is 0.0951. The molecule has 6 nitrogen and oxygen atoms in total. The van der Waals surface area contributed by atoms with Crippen molar-refractivity contribution in [3.05, 3.63) is 53.1 Å². The Labute approximate surface area is 151 Å². The Morgan fingerprint density at radius 3 is 2.44 bits per heavy atom. The highest BCUT2D eigenvalue weighted by Gasteiger charge is 2.25. The normalized spacial score (nSPS) is 14.0. The molecule has 25 heavy (non-hydrogen) atoms. The van der Waals surface area contributed by atoms with Crippen LogP contribution in [0, 0.1) is 0 Å². The Morgan fingerprint density at radius 1 is 1.16 bits per heavy atom. The van der Waals surface area contributed by atoms with Gasteiger partial charge in [-0.1, -0.05) is 11.6 Å². The van der Waals surface area contributed by atoms with Gasteiger partial charge >= 0.3 is 0 Å². The van der Waals surface area contributed by atoms with Crippen LogP contribution in [0.5, 0.6) is 5.75 Å². The van der Waals surface area contributed by atoms with Crippen molar-refractivity contribution in [3.63, 3.8) is 0 Å². The first kappa shape index (κ1) is 17.6. The molecule has 0 bridgehead atoms. The second-order valence-electron chi connectivity index (χ2n) is 5.72. The van der Waals surface area contributed by atoms with E-state index in [-0.39, 0.29) is 33.1 Å². The third-order valence-corrected chi connectivity index (χ3v) is 5.47. The third kappa shape index (κ3) is 4.24. The molecule has 1 saturated carbocycles. The summed E-state index contributed by atoms with van der Waals surface area (Å²) in [4.78, 5) is 12.3. The number of methoxy groups -OCH3 is 1. The van der Waals surface area contributed by atoms with Crippen LogP contribution in [0.15, 0.2) is 47.4 Å². The van der Waals surface area contributed by atoms with Crippen LogP contribution in [0.3, 0.4) is 0 Å². The number of carbonyl (C=O) groups excluding carboxylic acids is 1. The predicted molar refractivity (Wildman–Crippen MR) is 95.7 cm³/mol. The fraction of sp³-hybridized carbons (Fsp3) is 0.235. The van der Waals surface area contributed by atoms with Crippen molar-refractivity contribution in [2.75, 3.05) is 11.8 Å². The number of carbonyl (C=O) groups is 1. The monoisotopic (exact) mass is 380 g/mol. The second kappa shape index (κ2) is 6.93. The summed E-state index contributed by atoms with van der Waals surface area (Å²) >= 11 is 6.06. The number of hydrogen-bond donors (Lipinski definition) is 2. The van der Waals surface area contributed by atoms with Gasteiger partial charge < -0.3 is 10.1 Å². The summed E-state index contributed by atoms with van der Waals surface area (Å²) in [5.41, 5.74) is 0.504. The minimum atomic E-state index is -3.78. The highest BCUT2D eigenvalue weighted by Crippen LogP contribution is 2.25. The van der Waals surface area contributed by atoms with Gasteiger partial charge in [-0.15, -0.1) is 0 Å². The molecule has 1 amide bonds. The van der Waals surface area contributed by atoms with Crippen LogP contribution in [0.4, 0.5) is 5.69 Å². The number of halogens is 1. The van der Waals surface area contributed by atoms with E-state index in [2.05, 4.69) is 10.0 Å². The number of anilines is 1. The van der Waals surface area contributed by atoms with Crippen molar-refractivity contribution in [1.29, 1.82) is 0 Å². The topological polar surface area (TPSA) is 84.5 Å². The van der Waals surface area contributed by atoms with Crippen LogP contribution in [-0.2, 0) is 10.0 Å². The number of benzene rings is 2. The molecule has 2 aromatic carbocycles. The zero-order valence-corrected chi connectivity index (χ0v) is 15.0. The Balaban J connectivity index is 1.82. The quantitative estimate of drug-likeness (QED) is 0.806. The molecule has 0 saturated heterocycles. The van der Waals surface area contributed by atoms with Gasteiger partial charge in [0.25, 0.3) is 15.9 Å². The predicted octanol–water partition coefficient (Wildman–Crippen LogP) is 3.04. The van der Waals surface area contributed by atoms with Gasteiger partial charge in [0.1, 0.15) is 5.75 Å². The lowest BCUT2D eigenvalue weighted by atomic mass is 10.2. The van der Waals surface area contributed by atoms with Crippen molar-refractivity contribution in [3.8, 4) is 5.75 Å². The molecule has 3 rings (SSSR count). The van der Waals surface area contributed by atoms with Crippen LogP contribution in [-0.4, -0.2) is 27.5 Å². The van der Waals surface area contributed by atoms with E-state index in [4.69, 9.17) is 16.3 Å². The van der Waals surface area contributed by atoms with E-state index < -0.39 is 10.0 Å². The van der Waals surface area contributed by atoms with Crippen LogP contribution in [0.2, 0.25) is 5.02 Å². The van der Waals surface area contributed by atoms with E-state index in [0.29, 0.717) is 5.75 Å². The number of nitrogens with one attached hydrogen (secondary N) is 2. The molecule has 0 aliphatic heterocycles. The molecule has 1 aliphatic rings. The molecule has 0 spiro atoms. The highest BCUT2D eigenvalue weighted by atomic mass is 35.5. The van der Waals surface area contributed by atoms with Crippen molar-refractivity contribution >= 4 is 33.2 Å². The molecule has 2 N–H and O–H groups in total. The molecule has 132 valence electrons. The fourth-order valence-corrected chi connectivity index (χ4v) is 3.48. The van der Waals surface area contributed by atoms with E-state index >= 15 is 0 Å². The van der Waals surface area contributed by atoms with Crippen LogP contribution >= 0.6 is 11.6 Å². The smallest absolute Gasteiger partial charge is 0.261 e. The second-order valence-corrected chi connectivity index (χ2v) is 7.81. The van der Waals surface area contributed by atoms with Crippen molar-refractivity contribution in [2.24, 2.45) is 0 Å². The highest BCUT2D eigenvalue weighted by molar-refractivity contribution is 7.92. The summed E-state index contributed by atoms with van der Waals surface area (Å²) in [6.45, 7) is 0. The summed E-state index contributed by atoms with van der Waals surface area (Å²) in [5.74, 6) is 0.252. The lowest BCUT2D eigenvalue weighted by Gasteiger charge is -2.11. The first-order valence-electron chi connectivity index (χ1n) is 7.66. The van der Waals surface area contributed by atoms with Gasteiger partial charge in [-0.05, 0) is 55.3 Å². The molecule has 8 heteroatoms. The van der Waals surface area contributed by atoms with Crippen LogP contribution in [0.25, 0.3) is 0 Å². The van der Waals surface area contributed by atoms with Crippen molar-refractivity contribution < 1.29 is 17.9 Å². The van der Waals surface area contributed by atoms with Gasteiger partial charge in [-0.25, -0.2) is 8.42 Å². The SMILES string of the molecule is COc1ccc(S(=O)(=O)Nc2ccc(Cl)c(C(=O)NC3CC3)c2)cc1. The standard InChI is InChI=1S/C17H17ClN2O4S/c1-24-13-5-7-14(8-6-13)25(22,23)20-12-4-9-16(18)15(10-12)17(21)19-11-2-3-11/h4-11,20H,2-3H2,1H3,(H,19,21). The van der Waals surface area contributed by atoms with Crippen molar-refractivity contribution in [2.45, 2.75) is 23.8 Å². The van der Waals surface area contributed by atoms with Crippen molar-refractivity contribution in [1.82, 2.24) is 5.32 Å². The number of sulfonamides is 1. The van der Waals surface area contributed by atoms with Gasteiger partial charge in [0.2, 0.25) is 0 Å².